The molecule has 2 atom stereocenters. The highest BCUT2D eigenvalue weighted by molar-refractivity contribution is 6.34. The van der Waals surface area contributed by atoms with Crippen molar-refractivity contribution in [2.45, 2.75) is 12.2 Å². The van der Waals surface area contributed by atoms with E-state index in [-0.39, 0.29) is 6.10 Å². The van der Waals surface area contributed by atoms with Gasteiger partial charge < -0.3 is 15.2 Å². The molecule has 1 aromatic carbocycles. The van der Waals surface area contributed by atoms with Crippen molar-refractivity contribution in [3.63, 3.8) is 0 Å². The van der Waals surface area contributed by atoms with Crippen molar-refractivity contribution in [3.8, 4) is 5.75 Å². The van der Waals surface area contributed by atoms with Crippen LogP contribution in [0.4, 0.5) is 0 Å². The molecule has 0 spiro atoms. The first-order valence-corrected chi connectivity index (χ1v) is 5.43. The van der Waals surface area contributed by atoms with Gasteiger partial charge in [-0.1, -0.05) is 23.2 Å². The van der Waals surface area contributed by atoms with Crippen LogP contribution in [0, 0.1) is 0 Å². The summed E-state index contributed by atoms with van der Waals surface area (Å²) in [5.41, 5.74) is 0. The summed E-state index contributed by atoms with van der Waals surface area (Å²) < 4.78 is 5.57. The minimum Gasteiger partial charge on any atom is -0.485 e. The Labute approximate surface area is 97.9 Å². The van der Waals surface area contributed by atoms with Gasteiger partial charge in [0.25, 0.3) is 0 Å². The number of halogens is 2. The van der Waals surface area contributed by atoms with Crippen LogP contribution in [0.1, 0.15) is 0 Å². The fourth-order valence-corrected chi connectivity index (χ4v) is 1.82. The van der Waals surface area contributed by atoms with Gasteiger partial charge in [0.05, 0.1) is 5.02 Å². The SMILES string of the molecule is OC1CNCC1Oc1cc(Cl)ccc1Cl. The summed E-state index contributed by atoms with van der Waals surface area (Å²) in [7, 11) is 0. The van der Waals surface area contributed by atoms with Gasteiger partial charge in [0.1, 0.15) is 18.0 Å². The van der Waals surface area contributed by atoms with Gasteiger partial charge in [0.2, 0.25) is 0 Å². The summed E-state index contributed by atoms with van der Waals surface area (Å²) in [6, 6.07) is 5.02. The van der Waals surface area contributed by atoms with E-state index < -0.39 is 6.10 Å². The monoisotopic (exact) mass is 247 g/mol. The van der Waals surface area contributed by atoms with Crippen molar-refractivity contribution in [2.75, 3.05) is 13.1 Å². The summed E-state index contributed by atoms with van der Waals surface area (Å²) in [4.78, 5) is 0. The number of aliphatic hydroxyl groups is 1. The molecule has 1 fully saturated rings. The standard InChI is InChI=1S/C10H11Cl2NO2/c11-6-1-2-7(12)9(3-6)15-10-5-13-4-8(10)14/h1-3,8,10,13-14H,4-5H2. The molecule has 1 saturated heterocycles. The summed E-state index contributed by atoms with van der Waals surface area (Å²) in [5.74, 6) is 0.511. The Morgan fingerprint density at radius 1 is 1.33 bits per heavy atom. The van der Waals surface area contributed by atoms with E-state index in [0.29, 0.717) is 28.9 Å². The topological polar surface area (TPSA) is 41.5 Å². The Kier molecular flexibility index (Phi) is 3.36. The van der Waals surface area contributed by atoms with Gasteiger partial charge in [-0.15, -0.1) is 0 Å². The zero-order valence-corrected chi connectivity index (χ0v) is 9.42. The molecule has 0 saturated carbocycles. The first-order valence-electron chi connectivity index (χ1n) is 4.67. The second-order valence-corrected chi connectivity index (χ2v) is 4.30. The van der Waals surface area contributed by atoms with Gasteiger partial charge in [0.15, 0.2) is 0 Å². The minimum absolute atomic E-state index is 0.263. The van der Waals surface area contributed by atoms with Crippen molar-refractivity contribution >= 4 is 23.2 Å². The molecule has 0 radical (unpaired) electrons. The molecule has 2 unspecified atom stereocenters. The van der Waals surface area contributed by atoms with Crippen LogP contribution in [0.3, 0.4) is 0 Å². The van der Waals surface area contributed by atoms with Gasteiger partial charge in [-0.25, -0.2) is 0 Å². The molecule has 1 heterocycles. The first-order chi connectivity index (χ1) is 7.16. The third kappa shape index (κ3) is 2.55. The molecule has 5 heteroatoms. The Morgan fingerprint density at radius 3 is 2.80 bits per heavy atom. The van der Waals surface area contributed by atoms with Crippen molar-refractivity contribution in [2.24, 2.45) is 0 Å². The highest BCUT2D eigenvalue weighted by atomic mass is 35.5. The van der Waals surface area contributed by atoms with Crippen LogP contribution >= 0.6 is 23.2 Å². The average molecular weight is 248 g/mol. The maximum absolute atomic E-state index is 9.55. The van der Waals surface area contributed by atoms with E-state index in [9.17, 15) is 5.11 Å². The highest BCUT2D eigenvalue weighted by Gasteiger charge is 2.27. The fourth-order valence-electron chi connectivity index (χ4n) is 1.49. The number of rotatable bonds is 2. The molecule has 1 aliphatic rings. The van der Waals surface area contributed by atoms with Crippen molar-refractivity contribution in [1.29, 1.82) is 0 Å². The number of nitrogens with one attached hydrogen (secondary N) is 1. The lowest BCUT2D eigenvalue weighted by molar-refractivity contribution is 0.0738. The van der Waals surface area contributed by atoms with Crippen LogP contribution in [-0.2, 0) is 0 Å². The van der Waals surface area contributed by atoms with Gasteiger partial charge >= 0.3 is 0 Å². The van der Waals surface area contributed by atoms with Crippen molar-refractivity contribution in [3.05, 3.63) is 28.2 Å². The zero-order valence-electron chi connectivity index (χ0n) is 7.91. The fraction of sp³-hybridized carbons (Fsp3) is 0.400. The van der Waals surface area contributed by atoms with Gasteiger partial charge in [0, 0.05) is 24.2 Å². The van der Waals surface area contributed by atoms with Crippen molar-refractivity contribution in [1.82, 2.24) is 5.32 Å². The maximum Gasteiger partial charge on any atom is 0.140 e. The lowest BCUT2D eigenvalue weighted by Gasteiger charge is -2.17. The van der Waals surface area contributed by atoms with Crippen LogP contribution < -0.4 is 10.1 Å². The van der Waals surface area contributed by atoms with Crippen LogP contribution in [0.25, 0.3) is 0 Å². The molecule has 1 aromatic rings. The first kappa shape index (κ1) is 11.0. The zero-order chi connectivity index (χ0) is 10.8. The molecule has 2 N–H and O–H groups in total. The van der Waals surface area contributed by atoms with Gasteiger partial charge in [-0.3, -0.25) is 0 Å². The molecule has 0 bridgehead atoms. The Hall–Kier alpha value is -0.480. The number of hydrogen-bond donors (Lipinski definition) is 2. The molecular formula is C10H11Cl2NO2. The Balaban J connectivity index is 2.12. The molecular weight excluding hydrogens is 237 g/mol. The Morgan fingerprint density at radius 2 is 2.13 bits per heavy atom. The number of ether oxygens (including phenoxy) is 1. The lowest BCUT2D eigenvalue weighted by Crippen LogP contribution is -2.29. The van der Waals surface area contributed by atoms with Crippen LogP contribution in [0.5, 0.6) is 5.75 Å². The van der Waals surface area contributed by atoms with Crippen LogP contribution in [-0.4, -0.2) is 30.4 Å². The predicted octanol–water partition coefficient (Wildman–Crippen LogP) is 1.70. The quantitative estimate of drug-likeness (QED) is 0.837. The molecule has 1 aliphatic heterocycles. The average Bonchev–Trinajstić information content (AvgIpc) is 2.58. The van der Waals surface area contributed by atoms with E-state index in [1.165, 1.54) is 0 Å². The van der Waals surface area contributed by atoms with Crippen LogP contribution in [0.15, 0.2) is 18.2 Å². The predicted molar refractivity (Wildman–Crippen MR) is 59.8 cm³/mol. The van der Waals surface area contributed by atoms with E-state index in [1.54, 1.807) is 18.2 Å². The molecule has 82 valence electrons. The van der Waals surface area contributed by atoms with Crippen LogP contribution in [0.2, 0.25) is 10.0 Å². The lowest BCUT2D eigenvalue weighted by atomic mass is 10.2. The second kappa shape index (κ2) is 4.58. The summed E-state index contributed by atoms with van der Waals surface area (Å²) in [6.45, 7) is 1.16. The van der Waals surface area contributed by atoms with E-state index in [2.05, 4.69) is 5.32 Å². The smallest absolute Gasteiger partial charge is 0.140 e. The summed E-state index contributed by atoms with van der Waals surface area (Å²) >= 11 is 11.8. The highest BCUT2D eigenvalue weighted by Crippen LogP contribution is 2.29. The van der Waals surface area contributed by atoms with E-state index in [0.717, 1.165) is 0 Å². The molecule has 3 nitrogen and oxygen atoms in total. The van der Waals surface area contributed by atoms with E-state index >= 15 is 0 Å². The number of β-amino-alcohol motifs (C(OH)–C–C–N with tert-alkyl or cyclic N) is 1. The normalized spacial score (nSPS) is 25.5. The molecule has 15 heavy (non-hydrogen) atoms. The van der Waals surface area contributed by atoms with E-state index in [4.69, 9.17) is 27.9 Å². The van der Waals surface area contributed by atoms with Gasteiger partial charge in [-0.2, -0.15) is 0 Å². The Bertz CT molecular complexity index is 359. The van der Waals surface area contributed by atoms with E-state index in [1.807, 2.05) is 0 Å². The molecule has 0 aliphatic carbocycles. The largest absolute Gasteiger partial charge is 0.485 e. The minimum atomic E-state index is -0.500. The third-order valence-electron chi connectivity index (χ3n) is 2.30. The molecule has 0 amide bonds. The van der Waals surface area contributed by atoms with Crippen molar-refractivity contribution < 1.29 is 9.84 Å². The second-order valence-electron chi connectivity index (χ2n) is 3.46. The number of aliphatic hydroxyl groups excluding tert-OH is 1. The summed E-state index contributed by atoms with van der Waals surface area (Å²) in [6.07, 6.45) is -0.763. The van der Waals surface area contributed by atoms with Gasteiger partial charge in [-0.05, 0) is 12.1 Å². The number of benzene rings is 1. The maximum atomic E-state index is 9.55. The number of hydrogen-bond acceptors (Lipinski definition) is 3. The molecule has 2 rings (SSSR count). The molecule has 0 aromatic heterocycles. The third-order valence-corrected chi connectivity index (χ3v) is 2.85. The summed E-state index contributed by atoms with van der Waals surface area (Å²) in [5, 5.41) is 13.6.